The molecule has 1 fully saturated rings. The van der Waals surface area contributed by atoms with Crippen LogP contribution in [0.3, 0.4) is 0 Å². The molecule has 0 aromatic heterocycles. The lowest BCUT2D eigenvalue weighted by atomic mass is 9.85. The maximum atomic E-state index is 13.5. The number of halogens is 2. The van der Waals surface area contributed by atoms with Crippen LogP contribution in [0.4, 0.5) is 20.2 Å². The zero-order chi connectivity index (χ0) is 22.2. The van der Waals surface area contributed by atoms with Gasteiger partial charge in [-0.2, -0.15) is 0 Å². The van der Waals surface area contributed by atoms with Gasteiger partial charge in [-0.15, -0.1) is 0 Å². The van der Waals surface area contributed by atoms with E-state index in [0.29, 0.717) is 5.92 Å². The van der Waals surface area contributed by atoms with Gasteiger partial charge in [0.1, 0.15) is 11.6 Å². The predicted octanol–water partition coefficient (Wildman–Crippen LogP) is 6.33. The van der Waals surface area contributed by atoms with Gasteiger partial charge in [0.15, 0.2) is 0 Å². The summed E-state index contributed by atoms with van der Waals surface area (Å²) in [6.45, 7) is 4.16. The van der Waals surface area contributed by atoms with E-state index in [1.54, 1.807) is 12.1 Å². The fourth-order valence-corrected chi connectivity index (χ4v) is 4.47. The maximum Gasteiger partial charge on any atom is 0.123 e. The Labute approximate surface area is 189 Å². The fourth-order valence-electron chi connectivity index (χ4n) is 4.47. The van der Waals surface area contributed by atoms with Crippen LogP contribution < -0.4 is 10.6 Å². The predicted molar refractivity (Wildman–Crippen MR) is 128 cm³/mol. The van der Waals surface area contributed by atoms with E-state index in [-0.39, 0.29) is 17.7 Å². The SMILES string of the molecule is Fc1ccc(NC(c2ccc(F)cc2)C2CCN(CCCNc3ccccc3)CC2)cc1. The topological polar surface area (TPSA) is 27.3 Å². The number of anilines is 2. The lowest BCUT2D eigenvalue weighted by molar-refractivity contribution is 0.173. The van der Waals surface area contributed by atoms with Gasteiger partial charge in [-0.1, -0.05) is 30.3 Å². The average molecular weight is 436 g/mol. The molecule has 0 bridgehead atoms. The van der Waals surface area contributed by atoms with Crippen molar-refractivity contribution in [3.8, 4) is 0 Å². The lowest BCUT2D eigenvalue weighted by Crippen LogP contribution is -2.38. The quantitative estimate of drug-likeness (QED) is 0.385. The first-order valence-corrected chi connectivity index (χ1v) is 11.5. The van der Waals surface area contributed by atoms with Crippen molar-refractivity contribution in [2.75, 3.05) is 36.8 Å². The van der Waals surface area contributed by atoms with E-state index in [2.05, 4.69) is 27.7 Å². The molecule has 3 nitrogen and oxygen atoms in total. The number of likely N-dealkylation sites (tertiary alicyclic amines) is 1. The Kier molecular flexibility index (Phi) is 7.73. The molecule has 1 heterocycles. The van der Waals surface area contributed by atoms with Gasteiger partial charge in [0, 0.05) is 17.9 Å². The highest BCUT2D eigenvalue weighted by Crippen LogP contribution is 2.34. The van der Waals surface area contributed by atoms with Crippen LogP contribution >= 0.6 is 0 Å². The van der Waals surface area contributed by atoms with Gasteiger partial charge in [-0.05, 0) is 98.9 Å². The summed E-state index contributed by atoms with van der Waals surface area (Å²) < 4.78 is 26.8. The van der Waals surface area contributed by atoms with E-state index in [4.69, 9.17) is 0 Å². The van der Waals surface area contributed by atoms with Crippen molar-refractivity contribution in [3.63, 3.8) is 0 Å². The molecule has 0 amide bonds. The molecule has 0 saturated carbocycles. The molecule has 0 radical (unpaired) electrons. The Morgan fingerprint density at radius 2 is 1.41 bits per heavy atom. The van der Waals surface area contributed by atoms with Crippen LogP contribution in [0.5, 0.6) is 0 Å². The van der Waals surface area contributed by atoms with Crippen LogP contribution in [0.25, 0.3) is 0 Å². The number of nitrogens with zero attached hydrogens (tertiary/aromatic N) is 1. The van der Waals surface area contributed by atoms with Crippen molar-refractivity contribution in [1.29, 1.82) is 0 Å². The van der Waals surface area contributed by atoms with Gasteiger partial charge in [-0.3, -0.25) is 0 Å². The highest BCUT2D eigenvalue weighted by atomic mass is 19.1. The number of hydrogen-bond donors (Lipinski definition) is 2. The number of nitrogens with one attached hydrogen (secondary N) is 2. The largest absolute Gasteiger partial charge is 0.385 e. The second-order valence-electron chi connectivity index (χ2n) is 8.51. The summed E-state index contributed by atoms with van der Waals surface area (Å²) in [6.07, 6.45) is 3.25. The van der Waals surface area contributed by atoms with Gasteiger partial charge < -0.3 is 15.5 Å². The van der Waals surface area contributed by atoms with E-state index in [9.17, 15) is 8.78 Å². The molecule has 1 unspecified atom stereocenters. The summed E-state index contributed by atoms with van der Waals surface area (Å²) in [5.41, 5.74) is 3.12. The van der Waals surface area contributed by atoms with Crippen LogP contribution in [0.1, 0.15) is 30.9 Å². The third-order valence-corrected chi connectivity index (χ3v) is 6.25. The van der Waals surface area contributed by atoms with E-state index < -0.39 is 0 Å². The molecular weight excluding hydrogens is 404 g/mol. The highest BCUT2D eigenvalue weighted by molar-refractivity contribution is 5.46. The summed E-state index contributed by atoms with van der Waals surface area (Å²) in [4.78, 5) is 2.53. The molecule has 32 heavy (non-hydrogen) atoms. The molecule has 4 rings (SSSR count). The Morgan fingerprint density at radius 1 is 0.781 bits per heavy atom. The van der Waals surface area contributed by atoms with Gasteiger partial charge in [-0.25, -0.2) is 8.78 Å². The Bertz CT molecular complexity index is 937. The molecule has 3 aromatic rings. The molecule has 5 heteroatoms. The third kappa shape index (κ3) is 6.30. The Balaban J connectivity index is 1.31. The molecule has 168 valence electrons. The molecule has 3 aromatic carbocycles. The number of para-hydroxylation sites is 1. The third-order valence-electron chi connectivity index (χ3n) is 6.25. The van der Waals surface area contributed by atoms with Crippen LogP contribution in [0, 0.1) is 17.6 Å². The first-order chi connectivity index (χ1) is 15.7. The monoisotopic (exact) mass is 435 g/mol. The van der Waals surface area contributed by atoms with Crippen LogP contribution in [0.15, 0.2) is 78.9 Å². The van der Waals surface area contributed by atoms with Crippen LogP contribution in [-0.4, -0.2) is 31.1 Å². The van der Waals surface area contributed by atoms with Gasteiger partial charge in [0.05, 0.1) is 6.04 Å². The molecule has 1 aliphatic rings. The molecule has 0 aliphatic carbocycles. The van der Waals surface area contributed by atoms with E-state index in [1.165, 1.54) is 30.0 Å². The first kappa shape index (κ1) is 22.3. The lowest BCUT2D eigenvalue weighted by Gasteiger charge is -2.37. The zero-order valence-corrected chi connectivity index (χ0v) is 18.3. The molecular formula is C27H31F2N3. The van der Waals surface area contributed by atoms with Crippen molar-refractivity contribution in [2.45, 2.75) is 25.3 Å². The van der Waals surface area contributed by atoms with Gasteiger partial charge in [0.2, 0.25) is 0 Å². The number of rotatable bonds is 9. The van der Waals surface area contributed by atoms with Crippen LogP contribution in [0.2, 0.25) is 0 Å². The zero-order valence-electron chi connectivity index (χ0n) is 18.3. The van der Waals surface area contributed by atoms with E-state index in [1.807, 2.05) is 30.3 Å². The Morgan fingerprint density at radius 3 is 2.06 bits per heavy atom. The smallest absolute Gasteiger partial charge is 0.123 e. The summed E-state index contributed by atoms with van der Waals surface area (Å²) in [5, 5.41) is 7.05. The van der Waals surface area contributed by atoms with Crippen molar-refractivity contribution in [1.82, 2.24) is 4.90 Å². The molecule has 1 saturated heterocycles. The molecule has 1 aliphatic heterocycles. The van der Waals surface area contributed by atoms with E-state index in [0.717, 1.165) is 56.7 Å². The first-order valence-electron chi connectivity index (χ1n) is 11.5. The fraction of sp³-hybridized carbons (Fsp3) is 0.333. The minimum atomic E-state index is -0.246. The normalized spacial score (nSPS) is 15.9. The number of hydrogen-bond acceptors (Lipinski definition) is 3. The number of benzene rings is 3. The average Bonchev–Trinajstić information content (AvgIpc) is 2.83. The summed E-state index contributed by atoms with van der Waals surface area (Å²) in [5.74, 6) is -0.0404. The summed E-state index contributed by atoms with van der Waals surface area (Å²) in [7, 11) is 0. The van der Waals surface area contributed by atoms with Crippen molar-refractivity contribution < 1.29 is 8.78 Å². The molecule has 0 spiro atoms. The second kappa shape index (κ2) is 11.1. The van der Waals surface area contributed by atoms with Gasteiger partial charge in [0.25, 0.3) is 0 Å². The van der Waals surface area contributed by atoms with Crippen molar-refractivity contribution in [3.05, 3.63) is 96.1 Å². The maximum absolute atomic E-state index is 13.5. The second-order valence-corrected chi connectivity index (χ2v) is 8.51. The van der Waals surface area contributed by atoms with Crippen LogP contribution in [-0.2, 0) is 0 Å². The summed E-state index contributed by atoms with van der Waals surface area (Å²) in [6, 6.07) is 23.6. The summed E-state index contributed by atoms with van der Waals surface area (Å²) >= 11 is 0. The highest BCUT2D eigenvalue weighted by Gasteiger charge is 2.27. The van der Waals surface area contributed by atoms with Gasteiger partial charge >= 0.3 is 0 Å². The minimum absolute atomic E-state index is 0.0722. The molecule has 1 atom stereocenters. The standard InChI is InChI=1S/C27H31F2N3/c28-23-9-7-21(8-10-23)27(31-26-13-11-24(29)12-14-26)22-15-19-32(20-16-22)18-4-17-30-25-5-2-1-3-6-25/h1-3,5-14,22,27,30-31H,4,15-20H2. The number of piperidine rings is 1. The minimum Gasteiger partial charge on any atom is -0.385 e. The van der Waals surface area contributed by atoms with Crippen molar-refractivity contribution in [2.24, 2.45) is 5.92 Å². The Hall–Kier alpha value is -2.92. The van der Waals surface area contributed by atoms with E-state index >= 15 is 0 Å². The van der Waals surface area contributed by atoms with Crippen molar-refractivity contribution >= 4 is 11.4 Å². The molecule has 2 N–H and O–H groups in total.